The number of carbonyl (C=O) groups is 1. The van der Waals surface area contributed by atoms with Gasteiger partial charge in [0.1, 0.15) is 15.7 Å². The summed E-state index contributed by atoms with van der Waals surface area (Å²) in [6.45, 7) is 0.147. The zero-order valence-electron chi connectivity index (χ0n) is 10.9. The smallest absolute Gasteiger partial charge is 0.220 e. The van der Waals surface area contributed by atoms with Crippen molar-refractivity contribution in [1.82, 2.24) is 5.32 Å². The maximum atomic E-state index is 12.7. The Balaban J connectivity index is 2.18. The Kier molecular flexibility index (Phi) is 5.95. The van der Waals surface area contributed by atoms with E-state index in [-0.39, 0.29) is 24.0 Å². The average molecular weight is 287 g/mol. The molecule has 0 aliphatic carbocycles. The van der Waals surface area contributed by atoms with Gasteiger partial charge in [0.05, 0.1) is 5.75 Å². The minimum atomic E-state index is -3.04. The lowest BCUT2D eigenvalue weighted by Gasteiger charge is -2.04. The fourth-order valence-electron chi connectivity index (χ4n) is 1.57. The molecular formula is C13H18FNO3S. The van der Waals surface area contributed by atoms with Crippen LogP contribution in [0.1, 0.15) is 18.4 Å². The third-order valence-electron chi connectivity index (χ3n) is 2.58. The van der Waals surface area contributed by atoms with Crippen LogP contribution in [0.5, 0.6) is 0 Å². The average Bonchev–Trinajstić information content (AvgIpc) is 2.30. The van der Waals surface area contributed by atoms with Gasteiger partial charge in [-0.1, -0.05) is 12.1 Å². The van der Waals surface area contributed by atoms with Gasteiger partial charge in [-0.2, -0.15) is 0 Å². The molecule has 0 saturated heterocycles. The van der Waals surface area contributed by atoms with E-state index < -0.39 is 9.84 Å². The Morgan fingerprint density at radius 3 is 2.47 bits per heavy atom. The molecule has 0 atom stereocenters. The first-order valence-electron chi connectivity index (χ1n) is 6.06. The second-order valence-corrected chi connectivity index (χ2v) is 6.72. The summed E-state index contributed by atoms with van der Waals surface area (Å²) in [4.78, 5) is 11.4. The number of halogens is 1. The predicted octanol–water partition coefficient (Wildman–Crippen LogP) is 1.31. The third kappa shape index (κ3) is 7.56. The Hall–Kier alpha value is -1.43. The van der Waals surface area contributed by atoms with E-state index in [1.54, 1.807) is 12.1 Å². The van der Waals surface area contributed by atoms with Gasteiger partial charge in [0, 0.05) is 19.2 Å². The quantitative estimate of drug-likeness (QED) is 0.822. The molecule has 0 aliphatic heterocycles. The van der Waals surface area contributed by atoms with Gasteiger partial charge in [0.15, 0.2) is 0 Å². The van der Waals surface area contributed by atoms with Crippen LogP contribution in [0.3, 0.4) is 0 Å². The highest BCUT2D eigenvalue weighted by molar-refractivity contribution is 7.90. The highest BCUT2D eigenvalue weighted by Gasteiger charge is 2.05. The zero-order valence-corrected chi connectivity index (χ0v) is 11.7. The molecule has 0 aromatic heterocycles. The summed E-state index contributed by atoms with van der Waals surface area (Å²) < 4.78 is 34.4. The second-order valence-electron chi connectivity index (χ2n) is 4.46. The van der Waals surface area contributed by atoms with Crippen molar-refractivity contribution in [2.45, 2.75) is 19.3 Å². The van der Waals surface area contributed by atoms with E-state index in [1.807, 2.05) is 0 Å². The van der Waals surface area contributed by atoms with Crippen molar-refractivity contribution >= 4 is 15.7 Å². The van der Waals surface area contributed by atoms with E-state index in [4.69, 9.17) is 0 Å². The van der Waals surface area contributed by atoms with Crippen molar-refractivity contribution in [2.24, 2.45) is 0 Å². The number of hydrogen-bond acceptors (Lipinski definition) is 3. The van der Waals surface area contributed by atoms with E-state index in [0.717, 1.165) is 11.8 Å². The van der Waals surface area contributed by atoms with Crippen LogP contribution in [0.25, 0.3) is 0 Å². The monoisotopic (exact) mass is 287 g/mol. The van der Waals surface area contributed by atoms with Gasteiger partial charge in [-0.05, 0) is 30.5 Å². The highest BCUT2D eigenvalue weighted by atomic mass is 32.2. The molecule has 6 heteroatoms. The Morgan fingerprint density at radius 2 is 1.89 bits per heavy atom. The van der Waals surface area contributed by atoms with Crippen LogP contribution < -0.4 is 5.32 Å². The minimum Gasteiger partial charge on any atom is -0.355 e. The van der Waals surface area contributed by atoms with E-state index >= 15 is 0 Å². The van der Waals surface area contributed by atoms with Crippen molar-refractivity contribution < 1.29 is 17.6 Å². The van der Waals surface area contributed by atoms with Crippen LogP contribution in [0.4, 0.5) is 4.39 Å². The van der Waals surface area contributed by atoms with Gasteiger partial charge in [-0.3, -0.25) is 4.79 Å². The zero-order chi connectivity index (χ0) is 14.3. The van der Waals surface area contributed by atoms with Crippen molar-refractivity contribution in [3.8, 4) is 0 Å². The maximum Gasteiger partial charge on any atom is 0.220 e. The van der Waals surface area contributed by atoms with Gasteiger partial charge >= 0.3 is 0 Å². The standard InChI is InChI=1S/C13H18FNO3S/c1-19(17,18)10-9-15-13(16)4-2-3-11-5-7-12(14)8-6-11/h5-8H,2-4,9-10H2,1H3,(H,15,16). The molecule has 0 saturated carbocycles. The van der Waals surface area contributed by atoms with Crippen molar-refractivity contribution in [2.75, 3.05) is 18.6 Å². The molecular weight excluding hydrogens is 269 g/mol. The second kappa shape index (κ2) is 7.23. The third-order valence-corrected chi connectivity index (χ3v) is 3.52. The summed E-state index contributed by atoms with van der Waals surface area (Å²) >= 11 is 0. The van der Waals surface area contributed by atoms with Crippen molar-refractivity contribution in [1.29, 1.82) is 0 Å². The molecule has 1 N–H and O–H groups in total. The largest absolute Gasteiger partial charge is 0.355 e. The lowest BCUT2D eigenvalue weighted by atomic mass is 10.1. The van der Waals surface area contributed by atoms with Crippen LogP contribution in [-0.2, 0) is 21.1 Å². The Labute approximate surface area is 112 Å². The molecule has 106 valence electrons. The summed E-state index contributed by atoms with van der Waals surface area (Å²) in [5, 5.41) is 2.56. The fourth-order valence-corrected chi connectivity index (χ4v) is 2.04. The molecule has 1 aromatic rings. The molecule has 0 unspecified atom stereocenters. The predicted molar refractivity (Wildman–Crippen MR) is 72.1 cm³/mol. The molecule has 1 amide bonds. The molecule has 0 spiro atoms. The minimum absolute atomic E-state index is 0.0449. The van der Waals surface area contributed by atoms with E-state index in [2.05, 4.69) is 5.32 Å². The first-order valence-corrected chi connectivity index (χ1v) is 8.12. The SMILES string of the molecule is CS(=O)(=O)CCNC(=O)CCCc1ccc(F)cc1. The first-order chi connectivity index (χ1) is 8.87. The first kappa shape index (κ1) is 15.6. The van der Waals surface area contributed by atoms with E-state index in [1.165, 1.54) is 12.1 Å². The van der Waals surface area contributed by atoms with E-state index in [9.17, 15) is 17.6 Å². The molecule has 1 rings (SSSR count). The van der Waals surface area contributed by atoms with Crippen LogP contribution in [-0.4, -0.2) is 32.9 Å². The number of aryl methyl sites for hydroxylation is 1. The van der Waals surface area contributed by atoms with Gasteiger partial charge < -0.3 is 5.32 Å². The topological polar surface area (TPSA) is 63.2 Å². The molecule has 19 heavy (non-hydrogen) atoms. The molecule has 4 nitrogen and oxygen atoms in total. The van der Waals surface area contributed by atoms with Crippen molar-refractivity contribution in [3.63, 3.8) is 0 Å². The number of amides is 1. The lowest BCUT2D eigenvalue weighted by molar-refractivity contribution is -0.121. The fraction of sp³-hybridized carbons (Fsp3) is 0.462. The van der Waals surface area contributed by atoms with Gasteiger partial charge in [-0.25, -0.2) is 12.8 Å². The Morgan fingerprint density at radius 1 is 1.26 bits per heavy atom. The number of nitrogens with one attached hydrogen (secondary N) is 1. The summed E-state index contributed by atoms with van der Waals surface area (Å²) in [7, 11) is -3.04. The van der Waals surface area contributed by atoms with Crippen LogP contribution in [0, 0.1) is 5.82 Å². The normalized spacial score (nSPS) is 11.3. The van der Waals surface area contributed by atoms with Crippen molar-refractivity contribution in [3.05, 3.63) is 35.6 Å². The van der Waals surface area contributed by atoms with Gasteiger partial charge in [-0.15, -0.1) is 0 Å². The molecule has 0 fully saturated rings. The van der Waals surface area contributed by atoms with Crippen LogP contribution >= 0.6 is 0 Å². The number of rotatable bonds is 7. The highest BCUT2D eigenvalue weighted by Crippen LogP contribution is 2.06. The lowest BCUT2D eigenvalue weighted by Crippen LogP contribution is -2.28. The van der Waals surface area contributed by atoms with E-state index in [0.29, 0.717) is 19.3 Å². The number of hydrogen-bond donors (Lipinski definition) is 1. The molecule has 1 aromatic carbocycles. The maximum absolute atomic E-state index is 12.7. The van der Waals surface area contributed by atoms with Gasteiger partial charge in [0.25, 0.3) is 0 Å². The van der Waals surface area contributed by atoms with Crippen LogP contribution in [0.2, 0.25) is 0 Å². The Bertz CT molecular complexity index is 511. The summed E-state index contributed by atoms with van der Waals surface area (Å²) in [6.07, 6.45) is 2.81. The summed E-state index contributed by atoms with van der Waals surface area (Å²) in [5.41, 5.74) is 0.977. The molecule has 0 aliphatic rings. The number of sulfone groups is 1. The van der Waals surface area contributed by atoms with Gasteiger partial charge in [0.2, 0.25) is 5.91 Å². The molecule has 0 heterocycles. The molecule has 0 bridgehead atoms. The number of benzene rings is 1. The van der Waals surface area contributed by atoms with Crippen LogP contribution in [0.15, 0.2) is 24.3 Å². The number of carbonyl (C=O) groups excluding carboxylic acids is 1. The molecule has 0 radical (unpaired) electrons. The summed E-state index contributed by atoms with van der Waals surface area (Å²) in [5.74, 6) is -0.482. The summed E-state index contributed by atoms with van der Waals surface area (Å²) in [6, 6.07) is 6.16.